The van der Waals surface area contributed by atoms with E-state index >= 15 is 0 Å². The first kappa shape index (κ1) is 12.2. The minimum Gasteiger partial charge on any atom is -0.392 e. The summed E-state index contributed by atoms with van der Waals surface area (Å²) in [5.74, 6) is 0.403. The highest BCUT2D eigenvalue weighted by atomic mass is 16.4. The van der Waals surface area contributed by atoms with Crippen LogP contribution in [0.2, 0.25) is 0 Å². The highest BCUT2D eigenvalue weighted by Gasteiger charge is 2.30. The van der Waals surface area contributed by atoms with Crippen molar-refractivity contribution in [3.05, 3.63) is 28.6 Å². The molecule has 1 aliphatic carbocycles. The van der Waals surface area contributed by atoms with Crippen molar-refractivity contribution < 1.29 is 9.21 Å². The number of nitrogens with one attached hydrogen (secondary N) is 1. The van der Waals surface area contributed by atoms with Gasteiger partial charge in [0.15, 0.2) is 0 Å². The molecule has 1 aromatic rings. The topological polar surface area (TPSA) is 79.2 Å². The van der Waals surface area contributed by atoms with Crippen molar-refractivity contribution in [2.75, 3.05) is 13.1 Å². The fourth-order valence-electron chi connectivity index (χ4n) is 2.84. The van der Waals surface area contributed by atoms with Crippen LogP contribution in [-0.4, -0.2) is 34.1 Å². The van der Waals surface area contributed by atoms with Crippen LogP contribution < -0.4 is 5.76 Å². The van der Waals surface area contributed by atoms with E-state index in [9.17, 15) is 9.59 Å². The van der Waals surface area contributed by atoms with E-state index in [0.29, 0.717) is 19.0 Å². The Balaban J connectivity index is 1.58. The number of hydrogen-bond donors (Lipinski definition) is 1. The van der Waals surface area contributed by atoms with Gasteiger partial charge in [0.1, 0.15) is 0 Å². The number of aromatic nitrogens is 2. The second kappa shape index (κ2) is 5.03. The zero-order chi connectivity index (χ0) is 13.2. The summed E-state index contributed by atoms with van der Waals surface area (Å²) in [5.41, 5.74) is 0. The molecule has 1 amide bonds. The van der Waals surface area contributed by atoms with Crippen molar-refractivity contribution >= 4 is 5.91 Å². The van der Waals surface area contributed by atoms with Crippen LogP contribution in [0.25, 0.3) is 0 Å². The van der Waals surface area contributed by atoms with Gasteiger partial charge in [-0.2, -0.15) is 0 Å². The number of nitrogens with zero attached hydrogens (tertiary/aromatic N) is 2. The van der Waals surface area contributed by atoms with E-state index in [2.05, 4.69) is 16.3 Å². The summed E-state index contributed by atoms with van der Waals surface area (Å²) >= 11 is 0. The van der Waals surface area contributed by atoms with Gasteiger partial charge in [-0.15, -0.1) is 5.10 Å². The molecule has 0 aromatic carbocycles. The maximum absolute atomic E-state index is 12.2. The van der Waals surface area contributed by atoms with Gasteiger partial charge < -0.3 is 9.32 Å². The van der Waals surface area contributed by atoms with Gasteiger partial charge >= 0.3 is 5.76 Å². The van der Waals surface area contributed by atoms with Gasteiger partial charge in [-0.05, 0) is 25.7 Å². The van der Waals surface area contributed by atoms with Crippen LogP contribution >= 0.6 is 0 Å². The highest BCUT2D eigenvalue weighted by Crippen LogP contribution is 2.28. The zero-order valence-electron chi connectivity index (χ0n) is 10.7. The third-order valence-electron chi connectivity index (χ3n) is 3.94. The average Bonchev–Trinajstić information content (AvgIpc) is 3.09. The summed E-state index contributed by atoms with van der Waals surface area (Å²) in [6.45, 7) is 1.43. The molecular formula is C13H17N3O3. The summed E-state index contributed by atoms with van der Waals surface area (Å²) in [7, 11) is 0. The first-order valence-electron chi connectivity index (χ1n) is 6.75. The quantitative estimate of drug-likeness (QED) is 0.808. The van der Waals surface area contributed by atoms with Crippen molar-refractivity contribution in [1.82, 2.24) is 15.1 Å². The van der Waals surface area contributed by atoms with Crippen LogP contribution in [0.4, 0.5) is 0 Å². The maximum Gasteiger partial charge on any atom is 0.434 e. The Bertz CT molecular complexity index is 537. The Morgan fingerprint density at radius 3 is 2.74 bits per heavy atom. The van der Waals surface area contributed by atoms with Crippen molar-refractivity contribution in [2.45, 2.75) is 31.6 Å². The molecule has 1 atom stereocenters. The highest BCUT2D eigenvalue weighted by molar-refractivity contribution is 5.81. The molecule has 2 aliphatic rings. The Morgan fingerprint density at radius 2 is 2.16 bits per heavy atom. The molecule has 19 heavy (non-hydrogen) atoms. The zero-order valence-corrected chi connectivity index (χ0v) is 10.7. The van der Waals surface area contributed by atoms with Crippen molar-refractivity contribution in [3.63, 3.8) is 0 Å². The molecule has 3 rings (SSSR count). The number of likely N-dealkylation sites (tertiary alicyclic amines) is 1. The minimum atomic E-state index is -0.510. The molecule has 2 heterocycles. The van der Waals surface area contributed by atoms with Gasteiger partial charge in [0.2, 0.25) is 11.8 Å². The number of carbonyl (C=O) groups is 1. The number of hydrogen-bond acceptors (Lipinski definition) is 4. The number of piperidine rings is 1. The van der Waals surface area contributed by atoms with Crippen molar-refractivity contribution in [1.29, 1.82) is 0 Å². The SMILES string of the molecule is O=C(C1C=CCC1)N1CCC(c2n[nH]c(=O)o2)CC1. The first-order chi connectivity index (χ1) is 9.24. The standard InChI is InChI=1S/C13H17N3O3/c17-12(10-3-1-2-4-10)16-7-5-9(6-8-16)11-14-15-13(18)19-11/h1,3,9-10H,2,4-8H2,(H,15,18). The number of carbonyl (C=O) groups excluding carboxylic acids is 1. The van der Waals surface area contributed by atoms with Crippen LogP contribution in [0.15, 0.2) is 21.4 Å². The summed E-state index contributed by atoms with van der Waals surface area (Å²) in [6, 6.07) is 0. The van der Waals surface area contributed by atoms with Crippen LogP contribution in [0.3, 0.4) is 0 Å². The minimum absolute atomic E-state index is 0.0693. The Kier molecular flexibility index (Phi) is 3.23. The van der Waals surface area contributed by atoms with Gasteiger partial charge in [-0.25, -0.2) is 9.89 Å². The summed E-state index contributed by atoms with van der Waals surface area (Å²) < 4.78 is 4.98. The van der Waals surface area contributed by atoms with E-state index in [-0.39, 0.29) is 17.7 Å². The van der Waals surface area contributed by atoms with Gasteiger partial charge in [0.05, 0.1) is 5.92 Å². The lowest BCUT2D eigenvalue weighted by Gasteiger charge is -2.32. The van der Waals surface area contributed by atoms with Crippen LogP contribution in [0.1, 0.15) is 37.5 Å². The number of H-pyrrole nitrogens is 1. The third-order valence-corrected chi connectivity index (χ3v) is 3.94. The first-order valence-corrected chi connectivity index (χ1v) is 6.75. The second-order valence-electron chi connectivity index (χ2n) is 5.16. The van der Waals surface area contributed by atoms with Crippen molar-refractivity contribution in [3.8, 4) is 0 Å². The molecule has 1 saturated heterocycles. The molecular weight excluding hydrogens is 246 g/mol. The maximum atomic E-state index is 12.2. The Morgan fingerprint density at radius 1 is 1.37 bits per heavy atom. The second-order valence-corrected chi connectivity index (χ2v) is 5.16. The van der Waals surface area contributed by atoms with Crippen molar-refractivity contribution in [2.24, 2.45) is 5.92 Å². The normalized spacial score (nSPS) is 24.0. The van der Waals surface area contributed by atoms with Gasteiger partial charge in [0, 0.05) is 19.0 Å². The number of aromatic amines is 1. The number of rotatable bonds is 2. The predicted octanol–water partition coefficient (Wildman–Crippen LogP) is 1.04. The molecule has 0 spiro atoms. The lowest BCUT2D eigenvalue weighted by atomic mass is 9.95. The lowest BCUT2D eigenvalue weighted by Crippen LogP contribution is -2.40. The Hall–Kier alpha value is -1.85. The summed E-state index contributed by atoms with van der Waals surface area (Å²) in [4.78, 5) is 25.1. The van der Waals surface area contributed by atoms with E-state index in [0.717, 1.165) is 25.7 Å². The molecule has 0 radical (unpaired) electrons. The van der Waals surface area contributed by atoms with Crippen LogP contribution in [-0.2, 0) is 4.79 Å². The summed E-state index contributed by atoms with van der Waals surface area (Å²) in [6.07, 6.45) is 7.64. The molecule has 6 heteroatoms. The summed E-state index contributed by atoms with van der Waals surface area (Å²) in [5, 5.41) is 6.15. The fraction of sp³-hybridized carbons (Fsp3) is 0.615. The largest absolute Gasteiger partial charge is 0.434 e. The monoisotopic (exact) mass is 263 g/mol. The lowest BCUT2D eigenvalue weighted by molar-refractivity contribution is -0.135. The molecule has 0 bridgehead atoms. The molecule has 6 nitrogen and oxygen atoms in total. The van der Waals surface area contributed by atoms with E-state index < -0.39 is 5.76 Å². The van der Waals surface area contributed by atoms with Crippen LogP contribution in [0.5, 0.6) is 0 Å². The Labute approximate surface area is 110 Å². The molecule has 1 unspecified atom stereocenters. The number of amides is 1. The van der Waals surface area contributed by atoms with E-state index in [1.54, 1.807) is 0 Å². The molecule has 1 aliphatic heterocycles. The van der Waals surface area contributed by atoms with E-state index in [4.69, 9.17) is 4.42 Å². The molecule has 102 valence electrons. The van der Waals surface area contributed by atoms with E-state index in [1.165, 1.54) is 0 Å². The molecule has 0 saturated carbocycles. The molecule has 1 N–H and O–H groups in total. The number of allylic oxidation sites excluding steroid dienone is 1. The van der Waals surface area contributed by atoms with Crippen LogP contribution in [0, 0.1) is 5.92 Å². The fourth-order valence-corrected chi connectivity index (χ4v) is 2.84. The van der Waals surface area contributed by atoms with E-state index in [1.807, 2.05) is 11.0 Å². The third kappa shape index (κ3) is 2.47. The average molecular weight is 263 g/mol. The molecule has 1 aromatic heterocycles. The van der Waals surface area contributed by atoms with Gasteiger partial charge in [0.25, 0.3) is 0 Å². The molecule has 1 fully saturated rings. The predicted molar refractivity (Wildman–Crippen MR) is 67.5 cm³/mol. The van der Waals surface area contributed by atoms with Gasteiger partial charge in [-0.1, -0.05) is 12.2 Å². The van der Waals surface area contributed by atoms with Gasteiger partial charge in [-0.3, -0.25) is 4.79 Å². The smallest absolute Gasteiger partial charge is 0.392 e.